The van der Waals surface area contributed by atoms with Crippen LogP contribution in [0.4, 0.5) is 23.2 Å². The Kier molecular flexibility index (Phi) is 5.17. The Labute approximate surface area is 162 Å². The zero-order valence-corrected chi connectivity index (χ0v) is 16.3. The van der Waals surface area contributed by atoms with Gasteiger partial charge in [0.2, 0.25) is 0 Å². The lowest BCUT2D eigenvalue weighted by molar-refractivity contribution is -0.138. The highest BCUT2D eigenvalue weighted by molar-refractivity contribution is 5.72. The molecule has 0 saturated carbocycles. The summed E-state index contributed by atoms with van der Waals surface area (Å²) < 4.78 is 60.6. The fraction of sp³-hybridized carbons (Fsp3) is 0.364. The second-order valence-corrected chi connectivity index (χ2v) is 7.07. The Hall–Kier alpha value is -2.50. The number of alkyl halides is 3. The van der Waals surface area contributed by atoms with Crippen molar-refractivity contribution in [3.05, 3.63) is 70.7 Å². The highest BCUT2D eigenvalue weighted by Crippen LogP contribution is 2.51. The third-order valence-electron chi connectivity index (χ3n) is 5.49. The normalized spacial score (nSPS) is 20.6. The van der Waals surface area contributed by atoms with E-state index in [2.05, 4.69) is 4.90 Å². The molecule has 0 amide bonds. The number of nitrogens with zero attached hydrogens (tertiary/aromatic N) is 1. The number of halogens is 4. The molecule has 0 aromatic heterocycles. The molecule has 2 aromatic rings. The number of ether oxygens (including phenoxy) is 1. The molecule has 0 bridgehead atoms. The van der Waals surface area contributed by atoms with Gasteiger partial charge in [-0.1, -0.05) is 12.1 Å². The first-order valence-electron chi connectivity index (χ1n) is 9.14. The lowest BCUT2D eigenvalue weighted by atomic mass is 9.75. The van der Waals surface area contributed by atoms with Crippen LogP contribution in [0.5, 0.6) is 5.75 Å². The van der Waals surface area contributed by atoms with Crippen molar-refractivity contribution in [1.82, 2.24) is 0 Å². The van der Waals surface area contributed by atoms with E-state index < -0.39 is 23.0 Å². The molecule has 1 atom stereocenters. The summed E-state index contributed by atoms with van der Waals surface area (Å²) in [6.45, 7) is 6.35. The third kappa shape index (κ3) is 3.15. The Morgan fingerprint density at radius 3 is 2.46 bits per heavy atom. The second kappa shape index (κ2) is 7.15. The largest absolute Gasteiger partial charge is 0.497 e. The van der Waals surface area contributed by atoms with Crippen LogP contribution in [0.15, 0.2) is 48.2 Å². The monoisotopic (exact) mass is 393 g/mol. The molecular formula is C22H23F4NO. The summed E-state index contributed by atoms with van der Waals surface area (Å²) in [7, 11) is 1.54. The van der Waals surface area contributed by atoms with Gasteiger partial charge in [0.1, 0.15) is 11.6 Å². The molecule has 3 rings (SSSR count). The molecule has 0 spiro atoms. The van der Waals surface area contributed by atoms with E-state index >= 15 is 0 Å². The van der Waals surface area contributed by atoms with Crippen LogP contribution in [0.25, 0.3) is 0 Å². The van der Waals surface area contributed by atoms with Crippen LogP contribution in [-0.2, 0) is 18.0 Å². The Morgan fingerprint density at radius 1 is 1.18 bits per heavy atom. The fourth-order valence-electron chi connectivity index (χ4n) is 4.24. The summed E-state index contributed by atoms with van der Waals surface area (Å²) in [6, 6.07) is 8.69. The molecule has 2 nitrogen and oxygen atoms in total. The molecule has 1 aliphatic rings. The van der Waals surface area contributed by atoms with E-state index in [1.165, 1.54) is 0 Å². The van der Waals surface area contributed by atoms with Gasteiger partial charge in [0.15, 0.2) is 0 Å². The fourth-order valence-corrected chi connectivity index (χ4v) is 4.24. The minimum absolute atomic E-state index is 0.106. The summed E-state index contributed by atoms with van der Waals surface area (Å²) in [5, 5.41) is 0. The number of rotatable bonds is 4. The van der Waals surface area contributed by atoms with Crippen molar-refractivity contribution >= 4 is 5.69 Å². The van der Waals surface area contributed by atoms with Crippen LogP contribution in [0.2, 0.25) is 0 Å². The van der Waals surface area contributed by atoms with E-state index in [0.29, 0.717) is 12.3 Å². The number of fused-ring (bicyclic) bond motifs is 1. The molecule has 1 heterocycles. The van der Waals surface area contributed by atoms with Crippen molar-refractivity contribution < 1.29 is 22.3 Å². The van der Waals surface area contributed by atoms with E-state index in [4.69, 9.17) is 4.74 Å². The van der Waals surface area contributed by atoms with Crippen LogP contribution in [0, 0.1) is 5.82 Å². The van der Waals surface area contributed by atoms with Crippen molar-refractivity contribution in [3.63, 3.8) is 0 Å². The van der Waals surface area contributed by atoms with Crippen LogP contribution >= 0.6 is 0 Å². The van der Waals surface area contributed by atoms with Crippen molar-refractivity contribution in [2.24, 2.45) is 0 Å². The minimum Gasteiger partial charge on any atom is -0.497 e. The quantitative estimate of drug-likeness (QED) is 0.582. The minimum atomic E-state index is -4.62. The van der Waals surface area contributed by atoms with Gasteiger partial charge in [-0.25, -0.2) is 4.39 Å². The molecule has 28 heavy (non-hydrogen) atoms. The second-order valence-electron chi connectivity index (χ2n) is 7.07. The summed E-state index contributed by atoms with van der Waals surface area (Å²) in [4.78, 5) is 2.06. The lowest BCUT2D eigenvalue weighted by Crippen LogP contribution is -2.31. The number of hydrogen-bond acceptors (Lipinski definition) is 2. The molecule has 0 fully saturated rings. The Morgan fingerprint density at radius 2 is 1.89 bits per heavy atom. The Balaban J connectivity index is 2.22. The van der Waals surface area contributed by atoms with Gasteiger partial charge in [-0.2, -0.15) is 13.2 Å². The molecule has 6 heteroatoms. The maximum Gasteiger partial charge on any atom is 0.416 e. The van der Waals surface area contributed by atoms with Gasteiger partial charge in [0, 0.05) is 28.9 Å². The predicted octanol–water partition coefficient (Wildman–Crippen LogP) is 6.10. The van der Waals surface area contributed by atoms with Crippen molar-refractivity contribution in [1.29, 1.82) is 0 Å². The molecule has 2 aromatic carbocycles. The molecular weight excluding hydrogens is 370 g/mol. The van der Waals surface area contributed by atoms with E-state index in [9.17, 15) is 17.6 Å². The highest BCUT2D eigenvalue weighted by Gasteiger charge is 2.45. The summed E-state index contributed by atoms with van der Waals surface area (Å²) >= 11 is 0. The van der Waals surface area contributed by atoms with Gasteiger partial charge in [-0.15, -0.1) is 0 Å². The number of benzene rings is 2. The SMILES string of the molecule is C/C=C1\N(CC)c2ccc(OC)cc2C1(C)Cc1c(F)cccc1C(F)(F)F. The van der Waals surface area contributed by atoms with E-state index in [0.717, 1.165) is 35.1 Å². The van der Waals surface area contributed by atoms with Crippen molar-refractivity contribution in [2.45, 2.75) is 38.8 Å². The zero-order valence-electron chi connectivity index (χ0n) is 16.3. The lowest BCUT2D eigenvalue weighted by Gasteiger charge is -2.31. The van der Waals surface area contributed by atoms with Gasteiger partial charge in [-0.3, -0.25) is 0 Å². The van der Waals surface area contributed by atoms with Gasteiger partial charge in [0.25, 0.3) is 0 Å². The van der Waals surface area contributed by atoms with E-state index in [-0.39, 0.29) is 12.0 Å². The number of anilines is 1. The molecule has 0 N–H and O–H groups in total. The zero-order chi connectivity index (χ0) is 20.7. The van der Waals surface area contributed by atoms with Crippen LogP contribution < -0.4 is 9.64 Å². The topological polar surface area (TPSA) is 12.5 Å². The first kappa shape index (κ1) is 20.2. The smallest absolute Gasteiger partial charge is 0.416 e. The first-order valence-corrected chi connectivity index (χ1v) is 9.14. The van der Waals surface area contributed by atoms with Gasteiger partial charge >= 0.3 is 6.18 Å². The Bertz CT molecular complexity index is 919. The summed E-state index contributed by atoms with van der Waals surface area (Å²) in [6.07, 6.45) is -2.83. The highest BCUT2D eigenvalue weighted by atomic mass is 19.4. The number of likely N-dealkylation sites (N-methyl/N-ethyl adjacent to an activating group) is 1. The summed E-state index contributed by atoms with van der Waals surface area (Å²) in [5.41, 5.74) is 0.528. The van der Waals surface area contributed by atoms with Gasteiger partial charge in [0.05, 0.1) is 12.7 Å². The van der Waals surface area contributed by atoms with Crippen LogP contribution in [-0.4, -0.2) is 13.7 Å². The van der Waals surface area contributed by atoms with Gasteiger partial charge in [-0.05, 0) is 63.1 Å². The van der Waals surface area contributed by atoms with Gasteiger partial charge < -0.3 is 9.64 Å². The van der Waals surface area contributed by atoms with Crippen molar-refractivity contribution in [2.75, 3.05) is 18.6 Å². The number of hydrogen-bond donors (Lipinski definition) is 0. The molecule has 0 aliphatic carbocycles. The molecule has 0 saturated heterocycles. The average Bonchev–Trinajstić information content (AvgIpc) is 2.89. The molecule has 0 radical (unpaired) electrons. The molecule has 1 unspecified atom stereocenters. The number of allylic oxidation sites excluding steroid dienone is 2. The van der Waals surface area contributed by atoms with Crippen LogP contribution in [0.1, 0.15) is 37.5 Å². The number of methoxy groups -OCH3 is 1. The standard InChI is InChI=1S/C22H23F4NO/c1-5-20-21(3,13-15-16(22(24,25)26)8-7-9-18(15)23)17-12-14(28-4)10-11-19(17)27(20)6-2/h5,7-12H,6,13H2,1-4H3/b20-5-. The van der Waals surface area contributed by atoms with E-state index in [1.807, 2.05) is 45.0 Å². The van der Waals surface area contributed by atoms with Crippen molar-refractivity contribution in [3.8, 4) is 5.75 Å². The summed E-state index contributed by atoms with van der Waals surface area (Å²) in [5.74, 6) is -0.228. The first-order chi connectivity index (χ1) is 13.2. The molecule has 150 valence electrons. The maximum absolute atomic E-state index is 14.6. The maximum atomic E-state index is 14.6. The molecule has 1 aliphatic heterocycles. The predicted molar refractivity (Wildman–Crippen MR) is 102 cm³/mol. The average molecular weight is 393 g/mol. The van der Waals surface area contributed by atoms with Crippen LogP contribution in [0.3, 0.4) is 0 Å². The van der Waals surface area contributed by atoms with E-state index in [1.54, 1.807) is 7.11 Å². The third-order valence-corrected chi connectivity index (χ3v) is 5.49.